The van der Waals surface area contributed by atoms with Gasteiger partial charge in [-0.25, -0.2) is 0 Å². The van der Waals surface area contributed by atoms with Crippen LogP contribution in [0.25, 0.3) is 10.4 Å². The van der Waals surface area contributed by atoms with Crippen molar-refractivity contribution in [2.75, 3.05) is 6.54 Å². The first kappa shape index (κ1) is 10.9. The third-order valence-corrected chi connectivity index (χ3v) is 1.36. The van der Waals surface area contributed by atoms with Gasteiger partial charge in [0.2, 0.25) is 0 Å². The van der Waals surface area contributed by atoms with E-state index in [1.165, 1.54) is 0 Å². The van der Waals surface area contributed by atoms with Gasteiger partial charge in [0, 0.05) is 11.3 Å². The van der Waals surface area contributed by atoms with Crippen LogP contribution in [-0.2, 0) is 4.79 Å². The molecule has 2 atom stereocenters. The molecule has 0 amide bonds. The summed E-state index contributed by atoms with van der Waals surface area (Å²) in [7, 11) is 0. The summed E-state index contributed by atoms with van der Waals surface area (Å²) in [6, 6.07) is 0. The summed E-state index contributed by atoms with van der Waals surface area (Å²) in [4.78, 5) is 12.3. The second-order valence-corrected chi connectivity index (χ2v) is 2.29. The van der Waals surface area contributed by atoms with E-state index in [4.69, 9.17) is 15.7 Å². The lowest BCUT2D eigenvalue weighted by molar-refractivity contribution is -0.108. The van der Waals surface area contributed by atoms with E-state index < -0.39 is 12.2 Å². The molecule has 0 aromatic rings. The zero-order valence-corrected chi connectivity index (χ0v) is 6.50. The summed E-state index contributed by atoms with van der Waals surface area (Å²) in [5.74, 6) is 0. The number of aliphatic hydroxyl groups is 2. The Morgan fingerprint density at radius 1 is 1.50 bits per heavy atom. The van der Waals surface area contributed by atoms with Crippen molar-refractivity contribution < 1.29 is 15.0 Å². The molecule has 0 fully saturated rings. The van der Waals surface area contributed by atoms with Crippen molar-refractivity contribution in [3.8, 4) is 0 Å². The number of nitrogens with zero attached hydrogens (tertiary/aromatic N) is 3. The average molecular weight is 173 g/mol. The molecule has 0 radical (unpaired) electrons. The van der Waals surface area contributed by atoms with Gasteiger partial charge in [-0.05, 0) is 12.0 Å². The maximum atomic E-state index is 9.87. The summed E-state index contributed by atoms with van der Waals surface area (Å²) in [6.45, 7) is -0.170. The number of carbonyl (C=O) groups excluding carboxylic acids is 1. The Morgan fingerprint density at radius 3 is 2.67 bits per heavy atom. The van der Waals surface area contributed by atoms with Gasteiger partial charge in [0.1, 0.15) is 6.29 Å². The van der Waals surface area contributed by atoms with E-state index in [2.05, 4.69) is 10.0 Å². The van der Waals surface area contributed by atoms with Gasteiger partial charge < -0.3 is 15.0 Å². The first-order chi connectivity index (χ1) is 5.72. The second-order valence-electron chi connectivity index (χ2n) is 2.29. The second kappa shape index (κ2) is 6.60. The minimum Gasteiger partial charge on any atom is -0.390 e. The molecule has 0 saturated heterocycles. The number of carbonyl (C=O) groups is 1. The number of rotatable bonds is 6. The van der Waals surface area contributed by atoms with E-state index >= 15 is 0 Å². The summed E-state index contributed by atoms with van der Waals surface area (Å²) in [5, 5.41) is 21.2. The third-order valence-electron chi connectivity index (χ3n) is 1.36. The van der Waals surface area contributed by atoms with Gasteiger partial charge in [-0.15, -0.1) is 0 Å². The smallest absolute Gasteiger partial charge is 0.120 e. The molecule has 0 unspecified atom stereocenters. The summed E-state index contributed by atoms with van der Waals surface area (Å²) in [6.07, 6.45) is -1.05. The minimum atomic E-state index is -1.08. The Balaban J connectivity index is 3.66. The molecule has 0 bridgehead atoms. The molecule has 0 aliphatic rings. The Kier molecular flexibility index (Phi) is 6.00. The fraction of sp³-hybridized carbons (Fsp3) is 0.833. The quantitative estimate of drug-likeness (QED) is 0.255. The predicted octanol–water partition coefficient (Wildman–Crippen LogP) is -0.00240. The number of hydrogen-bond acceptors (Lipinski definition) is 4. The van der Waals surface area contributed by atoms with Gasteiger partial charge in [0.15, 0.2) is 0 Å². The van der Waals surface area contributed by atoms with E-state index in [-0.39, 0.29) is 19.4 Å². The lowest BCUT2D eigenvalue weighted by atomic mass is 10.1. The summed E-state index contributed by atoms with van der Waals surface area (Å²) in [5.41, 5.74) is 7.88. The highest BCUT2D eigenvalue weighted by Gasteiger charge is 2.14. The first-order valence-electron chi connectivity index (χ1n) is 3.53. The fourth-order valence-corrected chi connectivity index (χ4v) is 0.673. The first-order valence-corrected chi connectivity index (χ1v) is 3.53. The van der Waals surface area contributed by atoms with E-state index in [0.29, 0.717) is 6.29 Å². The number of azide groups is 1. The van der Waals surface area contributed by atoms with Crippen LogP contribution in [0.2, 0.25) is 0 Å². The van der Waals surface area contributed by atoms with Crippen LogP contribution in [0.3, 0.4) is 0 Å². The number of hydrogen-bond donors (Lipinski definition) is 2. The van der Waals surface area contributed by atoms with Gasteiger partial charge in [0.05, 0.1) is 18.8 Å². The van der Waals surface area contributed by atoms with E-state index in [9.17, 15) is 4.79 Å². The maximum absolute atomic E-state index is 9.87. The van der Waals surface area contributed by atoms with Crippen LogP contribution in [0.5, 0.6) is 0 Å². The van der Waals surface area contributed by atoms with Crippen LogP contribution in [0.1, 0.15) is 12.8 Å². The molecule has 0 aromatic heterocycles. The van der Waals surface area contributed by atoms with Gasteiger partial charge >= 0.3 is 0 Å². The van der Waals surface area contributed by atoms with E-state index in [0.717, 1.165) is 0 Å². The Labute approximate surface area is 69.4 Å². The Bertz CT molecular complexity index is 179. The SMILES string of the molecule is [N-]=[N+]=NC[C@@H](O)[C@@H](O)CCC=O. The molecule has 0 heterocycles. The Morgan fingerprint density at radius 2 is 2.17 bits per heavy atom. The largest absolute Gasteiger partial charge is 0.390 e. The van der Waals surface area contributed by atoms with Gasteiger partial charge in [-0.1, -0.05) is 5.11 Å². The molecule has 0 aliphatic carbocycles. The van der Waals surface area contributed by atoms with Crippen molar-refractivity contribution in [2.24, 2.45) is 5.11 Å². The molecule has 0 aliphatic heterocycles. The molecule has 2 N–H and O–H groups in total. The van der Waals surface area contributed by atoms with Crippen LogP contribution in [-0.4, -0.2) is 35.3 Å². The highest BCUT2D eigenvalue weighted by Crippen LogP contribution is 2.01. The average Bonchev–Trinajstić information content (AvgIpc) is 2.10. The van der Waals surface area contributed by atoms with Crippen LogP contribution in [0.4, 0.5) is 0 Å². The molecular weight excluding hydrogens is 162 g/mol. The van der Waals surface area contributed by atoms with Crippen molar-refractivity contribution in [3.63, 3.8) is 0 Å². The van der Waals surface area contributed by atoms with Crippen molar-refractivity contribution in [3.05, 3.63) is 10.4 Å². The molecule has 12 heavy (non-hydrogen) atoms. The fourth-order valence-electron chi connectivity index (χ4n) is 0.673. The molecule has 0 saturated carbocycles. The van der Waals surface area contributed by atoms with Crippen molar-refractivity contribution in [1.82, 2.24) is 0 Å². The normalized spacial score (nSPS) is 14.5. The summed E-state index contributed by atoms with van der Waals surface area (Å²) < 4.78 is 0. The van der Waals surface area contributed by atoms with Crippen LogP contribution < -0.4 is 0 Å². The van der Waals surface area contributed by atoms with E-state index in [1.54, 1.807) is 0 Å². The van der Waals surface area contributed by atoms with Crippen molar-refractivity contribution in [2.45, 2.75) is 25.0 Å². The molecule has 68 valence electrons. The van der Waals surface area contributed by atoms with Crippen LogP contribution in [0, 0.1) is 0 Å². The Hall–Kier alpha value is -1.10. The highest BCUT2D eigenvalue weighted by molar-refractivity contribution is 5.49. The van der Waals surface area contributed by atoms with Crippen LogP contribution in [0.15, 0.2) is 5.11 Å². The lowest BCUT2D eigenvalue weighted by Crippen LogP contribution is -2.28. The van der Waals surface area contributed by atoms with Crippen LogP contribution >= 0.6 is 0 Å². The maximum Gasteiger partial charge on any atom is 0.120 e. The van der Waals surface area contributed by atoms with Gasteiger partial charge in [-0.2, -0.15) is 0 Å². The molecular formula is C6H11N3O3. The monoisotopic (exact) mass is 173 g/mol. The predicted molar refractivity (Wildman–Crippen MR) is 41.3 cm³/mol. The standard InChI is InChI=1S/C6H11N3O3/c7-9-8-4-6(12)5(11)2-1-3-10/h3,5-6,11-12H,1-2,4H2/t5-,6+/m0/s1. The minimum absolute atomic E-state index is 0.170. The topological polar surface area (TPSA) is 106 Å². The molecule has 0 aromatic carbocycles. The summed E-state index contributed by atoms with van der Waals surface area (Å²) >= 11 is 0. The number of aldehydes is 1. The van der Waals surface area contributed by atoms with Gasteiger partial charge in [0.25, 0.3) is 0 Å². The van der Waals surface area contributed by atoms with Crippen molar-refractivity contribution >= 4 is 6.29 Å². The number of aliphatic hydroxyl groups excluding tert-OH is 2. The lowest BCUT2D eigenvalue weighted by Gasteiger charge is -2.13. The highest BCUT2D eigenvalue weighted by atomic mass is 16.3. The van der Waals surface area contributed by atoms with Gasteiger partial charge in [-0.3, -0.25) is 0 Å². The van der Waals surface area contributed by atoms with E-state index in [1.807, 2.05) is 0 Å². The zero-order valence-electron chi connectivity index (χ0n) is 6.50. The molecule has 6 nitrogen and oxygen atoms in total. The molecule has 0 spiro atoms. The molecule has 0 rings (SSSR count). The van der Waals surface area contributed by atoms with Crippen molar-refractivity contribution in [1.29, 1.82) is 0 Å². The third kappa shape index (κ3) is 4.68. The zero-order chi connectivity index (χ0) is 9.40. The molecule has 6 heteroatoms.